The van der Waals surface area contributed by atoms with E-state index in [1.54, 1.807) is 7.05 Å². The molecule has 1 heterocycles. The maximum atomic E-state index is 10.5. The summed E-state index contributed by atoms with van der Waals surface area (Å²) < 4.78 is 0. The van der Waals surface area contributed by atoms with Crippen LogP contribution in [0.1, 0.15) is 0 Å². The molecule has 1 aliphatic heterocycles. The number of hydrogen-bond acceptors (Lipinski definition) is 2. The first-order valence-corrected chi connectivity index (χ1v) is 2.36. The molecule has 0 aromatic heterocycles. The highest BCUT2D eigenvalue weighted by molar-refractivity contribution is 5.93. The third-order valence-corrected chi connectivity index (χ3v) is 1.12. The standard InChI is InChI=1S/C5H7NO2/c1-6-3-2-4(7)5(6)8/h2,7H,3H2,1H3. The van der Waals surface area contributed by atoms with E-state index in [4.69, 9.17) is 5.11 Å². The summed E-state index contributed by atoms with van der Waals surface area (Å²) >= 11 is 0. The second-order valence-corrected chi connectivity index (χ2v) is 1.78. The van der Waals surface area contributed by atoms with E-state index in [-0.39, 0.29) is 11.7 Å². The predicted octanol–water partition coefficient (Wildman–Crippen LogP) is -0.0997. The fraction of sp³-hybridized carbons (Fsp3) is 0.400. The van der Waals surface area contributed by atoms with Crippen molar-refractivity contribution in [1.82, 2.24) is 4.90 Å². The van der Waals surface area contributed by atoms with Crippen molar-refractivity contribution in [3.63, 3.8) is 0 Å². The fourth-order valence-electron chi connectivity index (χ4n) is 0.589. The Balaban J connectivity index is 2.73. The first-order valence-electron chi connectivity index (χ1n) is 2.36. The Morgan fingerprint density at radius 1 is 1.88 bits per heavy atom. The van der Waals surface area contributed by atoms with Crippen LogP contribution < -0.4 is 0 Å². The largest absolute Gasteiger partial charge is 0.503 e. The molecule has 8 heavy (non-hydrogen) atoms. The van der Waals surface area contributed by atoms with Gasteiger partial charge in [0.1, 0.15) is 0 Å². The van der Waals surface area contributed by atoms with E-state index in [0.29, 0.717) is 6.54 Å². The van der Waals surface area contributed by atoms with Gasteiger partial charge in [-0.3, -0.25) is 4.79 Å². The van der Waals surface area contributed by atoms with Crippen molar-refractivity contribution in [3.8, 4) is 0 Å². The van der Waals surface area contributed by atoms with Gasteiger partial charge in [0.2, 0.25) is 0 Å². The summed E-state index contributed by atoms with van der Waals surface area (Å²) in [6, 6.07) is 0. The van der Waals surface area contributed by atoms with Crippen LogP contribution in [0.5, 0.6) is 0 Å². The second-order valence-electron chi connectivity index (χ2n) is 1.78. The van der Waals surface area contributed by atoms with Gasteiger partial charge in [0.25, 0.3) is 5.91 Å². The lowest BCUT2D eigenvalue weighted by Crippen LogP contribution is -2.21. The minimum absolute atomic E-state index is 0.132. The molecule has 0 bridgehead atoms. The number of amides is 1. The van der Waals surface area contributed by atoms with Crippen LogP contribution in [0.15, 0.2) is 11.8 Å². The van der Waals surface area contributed by atoms with E-state index in [0.717, 1.165) is 0 Å². The lowest BCUT2D eigenvalue weighted by molar-refractivity contribution is -0.126. The number of aliphatic hydroxyl groups excluding tert-OH is 1. The Bertz CT molecular complexity index is 151. The van der Waals surface area contributed by atoms with Crippen LogP contribution in [0.4, 0.5) is 0 Å². The maximum absolute atomic E-state index is 10.5. The summed E-state index contributed by atoms with van der Waals surface area (Å²) in [5, 5.41) is 8.64. The molecule has 0 fully saturated rings. The third-order valence-electron chi connectivity index (χ3n) is 1.12. The molecule has 0 unspecified atom stereocenters. The Morgan fingerprint density at radius 3 is 2.62 bits per heavy atom. The molecule has 0 atom stereocenters. The number of likely N-dealkylation sites (N-methyl/N-ethyl adjacent to an activating group) is 1. The Labute approximate surface area is 47.2 Å². The SMILES string of the molecule is CN1CC=C(O)C1=O. The van der Waals surface area contributed by atoms with Crippen molar-refractivity contribution >= 4 is 5.91 Å². The van der Waals surface area contributed by atoms with E-state index in [2.05, 4.69) is 0 Å². The Morgan fingerprint density at radius 2 is 2.50 bits per heavy atom. The van der Waals surface area contributed by atoms with Gasteiger partial charge in [-0.1, -0.05) is 0 Å². The van der Waals surface area contributed by atoms with Gasteiger partial charge in [-0.2, -0.15) is 0 Å². The zero-order chi connectivity index (χ0) is 6.15. The summed E-state index contributed by atoms with van der Waals surface area (Å²) in [6.07, 6.45) is 1.49. The molecular formula is C5H7NO2. The Kier molecular flexibility index (Phi) is 0.970. The summed E-state index contributed by atoms with van der Waals surface area (Å²) in [6.45, 7) is 0.532. The van der Waals surface area contributed by atoms with Gasteiger partial charge in [0, 0.05) is 13.6 Å². The average Bonchev–Trinajstić information content (AvgIpc) is 1.98. The molecular weight excluding hydrogens is 106 g/mol. The average molecular weight is 113 g/mol. The van der Waals surface area contributed by atoms with E-state index in [9.17, 15) is 4.79 Å². The molecule has 44 valence electrons. The van der Waals surface area contributed by atoms with Crippen molar-refractivity contribution < 1.29 is 9.90 Å². The van der Waals surface area contributed by atoms with Gasteiger partial charge in [0.15, 0.2) is 5.76 Å². The molecule has 0 aliphatic carbocycles. The van der Waals surface area contributed by atoms with Gasteiger partial charge in [-0.05, 0) is 6.08 Å². The molecule has 0 aromatic rings. The molecule has 1 amide bonds. The van der Waals surface area contributed by atoms with Gasteiger partial charge in [-0.25, -0.2) is 0 Å². The van der Waals surface area contributed by atoms with Crippen LogP contribution in [-0.4, -0.2) is 29.5 Å². The number of carbonyl (C=O) groups excluding carboxylic acids is 1. The topological polar surface area (TPSA) is 40.5 Å². The first-order chi connectivity index (χ1) is 3.72. The zero-order valence-corrected chi connectivity index (χ0v) is 4.59. The molecule has 1 N–H and O–H groups in total. The molecule has 0 radical (unpaired) electrons. The van der Waals surface area contributed by atoms with Gasteiger partial charge >= 0.3 is 0 Å². The van der Waals surface area contributed by atoms with Crippen LogP contribution in [0.3, 0.4) is 0 Å². The zero-order valence-electron chi connectivity index (χ0n) is 4.59. The number of carbonyl (C=O) groups is 1. The quantitative estimate of drug-likeness (QED) is 0.476. The van der Waals surface area contributed by atoms with Crippen LogP contribution in [0.2, 0.25) is 0 Å². The van der Waals surface area contributed by atoms with E-state index >= 15 is 0 Å². The predicted molar refractivity (Wildman–Crippen MR) is 28.3 cm³/mol. The van der Waals surface area contributed by atoms with Crippen LogP contribution >= 0.6 is 0 Å². The van der Waals surface area contributed by atoms with Crippen molar-refractivity contribution in [3.05, 3.63) is 11.8 Å². The summed E-state index contributed by atoms with van der Waals surface area (Å²) in [5.74, 6) is -0.419. The number of aliphatic hydroxyl groups is 1. The van der Waals surface area contributed by atoms with E-state index in [1.807, 2.05) is 0 Å². The Hall–Kier alpha value is -0.990. The monoisotopic (exact) mass is 113 g/mol. The minimum atomic E-state index is -0.287. The lowest BCUT2D eigenvalue weighted by Gasteiger charge is -2.04. The number of hydrogen-bond donors (Lipinski definition) is 1. The van der Waals surface area contributed by atoms with Crippen molar-refractivity contribution in [2.45, 2.75) is 0 Å². The molecule has 0 aromatic carbocycles. The second kappa shape index (κ2) is 1.51. The van der Waals surface area contributed by atoms with Crippen molar-refractivity contribution in [2.75, 3.05) is 13.6 Å². The number of rotatable bonds is 0. The highest BCUT2D eigenvalue weighted by Gasteiger charge is 2.18. The van der Waals surface area contributed by atoms with E-state index in [1.165, 1.54) is 11.0 Å². The van der Waals surface area contributed by atoms with Gasteiger partial charge < -0.3 is 10.0 Å². The number of nitrogens with zero attached hydrogens (tertiary/aromatic N) is 1. The minimum Gasteiger partial charge on any atom is -0.503 e. The molecule has 0 saturated carbocycles. The lowest BCUT2D eigenvalue weighted by atomic mass is 10.5. The van der Waals surface area contributed by atoms with Crippen LogP contribution in [-0.2, 0) is 4.79 Å². The summed E-state index contributed by atoms with van der Waals surface area (Å²) in [4.78, 5) is 12.0. The third kappa shape index (κ3) is 0.559. The smallest absolute Gasteiger partial charge is 0.288 e. The van der Waals surface area contributed by atoms with E-state index < -0.39 is 0 Å². The molecule has 1 rings (SSSR count). The van der Waals surface area contributed by atoms with Gasteiger partial charge in [-0.15, -0.1) is 0 Å². The molecule has 0 spiro atoms. The molecule has 0 saturated heterocycles. The highest BCUT2D eigenvalue weighted by Crippen LogP contribution is 2.03. The summed E-state index contributed by atoms with van der Waals surface area (Å²) in [7, 11) is 1.64. The van der Waals surface area contributed by atoms with Crippen LogP contribution in [0.25, 0.3) is 0 Å². The van der Waals surface area contributed by atoms with Gasteiger partial charge in [0.05, 0.1) is 0 Å². The molecule has 3 nitrogen and oxygen atoms in total. The first kappa shape index (κ1) is 5.15. The van der Waals surface area contributed by atoms with Crippen LogP contribution in [0, 0.1) is 0 Å². The molecule has 3 heteroatoms. The fourth-order valence-corrected chi connectivity index (χ4v) is 0.589. The maximum Gasteiger partial charge on any atom is 0.288 e. The van der Waals surface area contributed by atoms with Crippen molar-refractivity contribution in [2.24, 2.45) is 0 Å². The summed E-state index contributed by atoms with van der Waals surface area (Å²) in [5.41, 5.74) is 0. The van der Waals surface area contributed by atoms with Crippen molar-refractivity contribution in [1.29, 1.82) is 0 Å². The highest BCUT2D eigenvalue weighted by atomic mass is 16.3. The normalized spacial score (nSPS) is 19.4. The molecule has 1 aliphatic rings.